The van der Waals surface area contributed by atoms with Crippen LogP contribution in [0.15, 0.2) is 35.2 Å². The predicted octanol–water partition coefficient (Wildman–Crippen LogP) is 1.14. The number of hydrogen-bond acceptors (Lipinski definition) is 4. The van der Waals surface area contributed by atoms with E-state index in [1.807, 2.05) is 30.3 Å². The Morgan fingerprint density at radius 2 is 2.11 bits per heavy atom. The average molecular weight is 281 g/mol. The third-order valence-corrected chi connectivity index (χ3v) is 3.93. The van der Waals surface area contributed by atoms with Gasteiger partial charge in [-0.15, -0.1) is 11.8 Å². The van der Waals surface area contributed by atoms with Crippen LogP contribution in [0, 0.1) is 0 Å². The minimum atomic E-state index is -1.26. The van der Waals surface area contributed by atoms with Crippen LogP contribution in [-0.2, 0) is 14.3 Å². The van der Waals surface area contributed by atoms with E-state index in [1.54, 1.807) is 0 Å². The molecule has 1 saturated heterocycles. The fourth-order valence-corrected chi connectivity index (χ4v) is 2.57. The average Bonchev–Trinajstić information content (AvgIpc) is 2.87. The molecule has 0 spiro atoms. The SMILES string of the molecule is O=C(CSc1ccccc1)NC1(C(=O)O)CCOC1. The number of thioether (sulfide) groups is 1. The Morgan fingerprint density at radius 3 is 2.68 bits per heavy atom. The molecule has 0 bridgehead atoms. The molecule has 1 heterocycles. The second kappa shape index (κ2) is 6.08. The van der Waals surface area contributed by atoms with E-state index in [4.69, 9.17) is 4.74 Å². The molecule has 6 heteroatoms. The fourth-order valence-electron chi connectivity index (χ4n) is 1.85. The lowest BCUT2D eigenvalue weighted by Crippen LogP contribution is -2.55. The van der Waals surface area contributed by atoms with E-state index < -0.39 is 11.5 Å². The number of carboxylic acids is 1. The van der Waals surface area contributed by atoms with E-state index in [-0.39, 0.29) is 18.3 Å². The molecule has 0 radical (unpaired) electrons. The third kappa shape index (κ3) is 3.48. The van der Waals surface area contributed by atoms with Crippen LogP contribution in [-0.4, -0.2) is 41.5 Å². The van der Waals surface area contributed by atoms with Crippen LogP contribution in [0.25, 0.3) is 0 Å². The summed E-state index contributed by atoms with van der Waals surface area (Å²) < 4.78 is 5.08. The van der Waals surface area contributed by atoms with Gasteiger partial charge in [0.25, 0.3) is 0 Å². The lowest BCUT2D eigenvalue weighted by Gasteiger charge is -2.23. The molecule has 5 nitrogen and oxygen atoms in total. The minimum absolute atomic E-state index is 0.0318. The van der Waals surface area contributed by atoms with Crippen LogP contribution >= 0.6 is 11.8 Å². The molecule has 1 aromatic carbocycles. The number of carbonyl (C=O) groups is 2. The maximum Gasteiger partial charge on any atom is 0.331 e. The van der Waals surface area contributed by atoms with Gasteiger partial charge in [0.1, 0.15) is 0 Å². The van der Waals surface area contributed by atoms with Gasteiger partial charge >= 0.3 is 5.97 Å². The first-order valence-electron chi connectivity index (χ1n) is 5.92. The summed E-state index contributed by atoms with van der Waals surface area (Å²) in [6.45, 7) is 0.391. The van der Waals surface area contributed by atoms with Gasteiger partial charge in [-0.05, 0) is 12.1 Å². The highest BCUT2D eigenvalue weighted by molar-refractivity contribution is 8.00. The number of benzene rings is 1. The van der Waals surface area contributed by atoms with E-state index in [0.717, 1.165) is 4.90 Å². The van der Waals surface area contributed by atoms with E-state index in [9.17, 15) is 14.7 Å². The van der Waals surface area contributed by atoms with E-state index in [2.05, 4.69) is 5.32 Å². The molecule has 1 fully saturated rings. The third-order valence-electron chi connectivity index (χ3n) is 2.92. The molecule has 1 aliphatic heterocycles. The summed E-state index contributed by atoms with van der Waals surface area (Å²) >= 11 is 1.38. The fraction of sp³-hybridized carbons (Fsp3) is 0.385. The minimum Gasteiger partial charge on any atom is -0.479 e. The number of carboxylic acid groups (broad SMARTS) is 1. The number of nitrogens with one attached hydrogen (secondary N) is 1. The van der Waals surface area contributed by atoms with E-state index >= 15 is 0 Å². The zero-order chi connectivity index (χ0) is 13.7. The van der Waals surface area contributed by atoms with Crippen molar-refractivity contribution in [3.63, 3.8) is 0 Å². The van der Waals surface area contributed by atoms with Crippen molar-refractivity contribution in [3.8, 4) is 0 Å². The van der Waals surface area contributed by atoms with Crippen LogP contribution in [0.4, 0.5) is 0 Å². The van der Waals surface area contributed by atoms with Gasteiger partial charge in [0, 0.05) is 17.9 Å². The van der Waals surface area contributed by atoms with Crippen molar-refractivity contribution < 1.29 is 19.4 Å². The quantitative estimate of drug-likeness (QED) is 0.792. The standard InChI is InChI=1S/C13H15NO4S/c15-11(8-19-10-4-2-1-3-5-10)14-13(12(16)17)6-7-18-9-13/h1-5H,6-9H2,(H,14,15)(H,16,17). The molecule has 2 rings (SSSR count). The Bertz CT molecular complexity index is 457. The van der Waals surface area contributed by atoms with Gasteiger partial charge in [0.05, 0.1) is 12.4 Å². The van der Waals surface area contributed by atoms with Crippen molar-refractivity contribution in [1.82, 2.24) is 5.32 Å². The largest absolute Gasteiger partial charge is 0.479 e. The normalized spacial score (nSPS) is 22.1. The lowest BCUT2D eigenvalue weighted by atomic mass is 9.99. The smallest absolute Gasteiger partial charge is 0.331 e. The first-order valence-corrected chi connectivity index (χ1v) is 6.91. The second-order valence-corrected chi connectivity index (χ2v) is 5.39. The van der Waals surface area contributed by atoms with Gasteiger partial charge in [-0.1, -0.05) is 18.2 Å². The highest BCUT2D eigenvalue weighted by Crippen LogP contribution is 2.21. The zero-order valence-corrected chi connectivity index (χ0v) is 11.1. The van der Waals surface area contributed by atoms with Gasteiger partial charge in [0.15, 0.2) is 5.54 Å². The van der Waals surface area contributed by atoms with E-state index in [1.165, 1.54) is 11.8 Å². The lowest BCUT2D eigenvalue weighted by molar-refractivity contribution is -0.147. The molecule has 2 N–H and O–H groups in total. The Balaban J connectivity index is 1.88. The van der Waals surface area contributed by atoms with Gasteiger partial charge in [-0.2, -0.15) is 0 Å². The summed E-state index contributed by atoms with van der Waals surface area (Å²) in [4.78, 5) is 24.0. The highest BCUT2D eigenvalue weighted by atomic mass is 32.2. The number of rotatable bonds is 5. The number of ether oxygens (including phenoxy) is 1. The number of carbonyl (C=O) groups excluding carboxylic acids is 1. The molecule has 1 unspecified atom stereocenters. The molecule has 102 valence electrons. The molecular weight excluding hydrogens is 266 g/mol. The molecule has 0 aliphatic carbocycles. The molecule has 19 heavy (non-hydrogen) atoms. The zero-order valence-electron chi connectivity index (χ0n) is 10.3. The van der Waals surface area contributed by atoms with Gasteiger partial charge in [0.2, 0.25) is 5.91 Å². The molecule has 1 aromatic rings. The molecule has 0 saturated carbocycles. The van der Waals surface area contributed by atoms with Gasteiger partial charge in [-0.25, -0.2) is 4.79 Å². The molecule has 1 atom stereocenters. The summed E-state index contributed by atoms with van der Waals surface area (Å²) in [7, 11) is 0. The van der Waals surface area contributed by atoms with Crippen molar-refractivity contribution in [2.75, 3.05) is 19.0 Å². The molecule has 0 aromatic heterocycles. The topological polar surface area (TPSA) is 75.6 Å². The summed E-state index contributed by atoms with van der Waals surface area (Å²) in [5.74, 6) is -1.14. The Labute approximate surface area is 115 Å². The maximum atomic E-state index is 11.8. The van der Waals surface area contributed by atoms with Crippen LogP contribution < -0.4 is 5.32 Å². The van der Waals surface area contributed by atoms with Crippen molar-refractivity contribution in [2.45, 2.75) is 16.9 Å². The number of amides is 1. The van der Waals surface area contributed by atoms with E-state index in [0.29, 0.717) is 13.0 Å². The Hall–Kier alpha value is -1.53. The molecular formula is C13H15NO4S. The van der Waals surface area contributed by atoms with Crippen molar-refractivity contribution in [3.05, 3.63) is 30.3 Å². The van der Waals surface area contributed by atoms with Crippen molar-refractivity contribution in [2.24, 2.45) is 0 Å². The second-order valence-electron chi connectivity index (χ2n) is 4.34. The first-order chi connectivity index (χ1) is 9.12. The van der Waals surface area contributed by atoms with Gasteiger partial charge in [-0.3, -0.25) is 4.79 Å². The van der Waals surface area contributed by atoms with Crippen molar-refractivity contribution in [1.29, 1.82) is 0 Å². The van der Waals surface area contributed by atoms with Gasteiger partial charge < -0.3 is 15.2 Å². The summed E-state index contributed by atoms with van der Waals surface area (Å²) in [5.41, 5.74) is -1.26. The monoisotopic (exact) mass is 281 g/mol. The van der Waals surface area contributed by atoms with Crippen molar-refractivity contribution >= 4 is 23.6 Å². The molecule has 1 aliphatic rings. The van der Waals surface area contributed by atoms with Crippen LogP contribution in [0.5, 0.6) is 0 Å². The molecule has 1 amide bonds. The number of aliphatic carboxylic acids is 1. The first kappa shape index (κ1) is 13.9. The Morgan fingerprint density at radius 1 is 1.37 bits per heavy atom. The highest BCUT2D eigenvalue weighted by Gasteiger charge is 2.43. The Kier molecular flexibility index (Phi) is 4.44. The van der Waals surface area contributed by atoms with Crippen LogP contribution in [0.1, 0.15) is 6.42 Å². The maximum absolute atomic E-state index is 11.8. The van der Waals surface area contributed by atoms with Crippen LogP contribution in [0.2, 0.25) is 0 Å². The van der Waals surface area contributed by atoms with Crippen LogP contribution in [0.3, 0.4) is 0 Å². The summed E-state index contributed by atoms with van der Waals surface area (Å²) in [6.07, 6.45) is 0.310. The predicted molar refractivity (Wildman–Crippen MR) is 71.1 cm³/mol. The number of hydrogen-bond donors (Lipinski definition) is 2. The summed E-state index contributed by atoms with van der Waals surface area (Å²) in [6, 6.07) is 9.50. The summed E-state index contributed by atoms with van der Waals surface area (Å²) in [5, 5.41) is 11.8.